The molecule has 0 aromatic heterocycles. The highest BCUT2D eigenvalue weighted by atomic mass is 16.5. The standard InChI is InChI=1S/C18H26N2O3/c21-7-6-20-18(22)16-8-13(10-19-11-16)12-23-17-5-4-14-2-1-3-15(14)9-17/h4-5,9,13,16,19,21H,1-3,6-8,10-12H2,(H,20,22)/t13-,16+/m0/s1. The van der Waals surface area contributed by atoms with Crippen LogP contribution in [-0.4, -0.2) is 43.9 Å². The van der Waals surface area contributed by atoms with Gasteiger partial charge in [0.2, 0.25) is 5.91 Å². The molecule has 0 saturated carbocycles. The maximum atomic E-state index is 12.0. The summed E-state index contributed by atoms with van der Waals surface area (Å²) in [4.78, 5) is 12.0. The summed E-state index contributed by atoms with van der Waals surface area (Å²) in [6.07, 6.45) is 4.42. The summed E-state index contributed by atoms with van der Waals surface area (Å²) < 4.78 is 5.97. The van der Waals surface area contributed by atoms with Crippen LogP contribution in [0.15, 0.2) is 18.2 Å². The molecule has 23 heavy (non-hydrogen) atoms. The maximum Gasteiger partial charge on any atom is 0.224 e. The molecule has 2 aliphatic rings. The number of aryl methyl sites for hydroxylation is 2. The van der Waals surface area contributed by atoms with Crippen molar-refractivity contribution < 1.29 is 14.6 Å². The van der Waals surface area contributed by atoms with Gasteiger partial charge in [-0.3, -0.25) is 4.79 Å². The van der Waals surface area contributed by atoms with Crippen LogP contribution in [-0.2, 0) is 17.6 Å². The molecule has 126 valence electrons. The lowest BCUT2D eigenvalue weighted by atomic mass is 9.90. The third kappa shape index (κ3) is 4.24. The van der Waals surface area contributed by atoms with Gasteiger partial charge in [0, 0.05) is 25.6 Å². The number of carbonyl (C=O) groups excluding carboxylic acids is 1. The average Bonchev–Trinajstić information content (AvgIpc) is 3.06. The molecule has 3 rings (SSSR count). The fourth-order valence-corrected chi connectivity index (χ4v) is 3.53. The molecule has 3 N–H and O–H groups in total. The van der Waals surface area contributed by atoms with Gasteiger partial charge in [0.05, 0.1) is 19.1 Å². The number of hydrogen-bond donors (Lipinski definition) is 3. The summed E-state index contributed by atoms with van der Waals surface area (Å²) in [7, 11) is 0. The Bertz CT molecular complexity index is 547. The molecule has 1 saturated heterocycles. The molecular weight excluding hydrogens is 292 g/mol. The molecular formula is C18H26N2O3. The molecule has 5 heteroatoms. The summed E-state index contributed by atoms with van der Waals surface area (Å²) >= 11 is 0. The van der Waals surface area contributed by atoms with Gasteiger partial charge in [-0.15, -0.1) is 0 Å². The molecule has 0 spiro atoms. The van der Waals surface area contributed by atoms with Crippen molar-refractivity contribution in [2.75, 3.05) is 32.8 Å². The Labute approximate surface area is 137 Å². The van der Waals surface area contributed by atoms with Crippen LogP contribution in [0.25, 0.3) is 0 Å². The summed E-state index contributed by atoms with van der Waals surface area (Å²) in [6.45, 7) is 2.53. The van der Waals surface area contributed by atoms with Gasteiger partial charge >= 0.3 is 0 Å². The Kier molecular flexibility index (Phi) is 5.51. The van der Waals surface area contributed by atoms with Crippen LogP contribution in [0.3, 0.4) is 0 Å². The normalized spacial score (nSPS) is 23.3. The van der Waals surface area contributed by atoms with Crippen molar-refractivity contribution in [3.8, 4) is 5.75 Å². The molecule has 0 bridgehead atoms. The number of carbonyl (C=O) groups is 1. The third-order valence-electron chi connectivity index (χ3n) is 4.78. The number of benzene rings is 1. The van der Waals surface area contributed by atoms with Crippen molar-refractivity contribution in [2.24, 2.45) is 11.8 Å². The monoisotopic (exact) mass is 318 g/mol. The fraction of sp³-hybridized carbons (Fsp3) is 0.611. The van der Waals surface area contributed by atoms with Crippen LogP contribution >= 0.6 is 0 Å². The van der Waals surface area contributed by atoms with Gasteiger partial charge in [-0.1, -0.05) is 6.07 Å². The summed E-state index contributed by atoms with van der Waals surface area (Å²) in [5, 5.41) is 14.9. The molecule has 2 atom stereocenters. The minimum atomic E-state index is -0.0380. The first-order valence-electron chi connectivity index (χ1n) is 8.60. The van der Waals surface area contributed by atoms with Crippen molar-refractivity contribution in [1.29, 1.82) is 0 Å². The Morgan fingerprint density at radius 1 is 1.30 bits per heavy atom. The highest BCUT2D eigenvalue weighted by Crippen LogP contribution is 2.27. The van der Waals surface area contributed by atoms with E-state index in [1.165, 1.54) is 24.0 Å². The molecule has 1 amide bonds. The second kappa shape index (κ2) is 7.79. The maximum absolute atomic E-state index is 12.0. The Morgan fingerprint density at radius 2 is 2.17 bits per heavy atom. The van der Waals surface area contributed by atoms with Crippen molar-refractivity contribution in [3.63, 3.8) is 0 Å². The van der Waals surface area contributed by atoms with Crippen molar-refractivity contribution in [3.05, 3.63) is 29.3 Å². The molecule has 0 radical (unpaired) electrons. The highest BCUT2D eigenvalue weighted by Gasteiger charge is 2.27. The highest BCUT2D eigenvalue weighted by molar-refractivity contribution is 5.79. The van der Waals surface area contributed by atoms with E-state index in [1.807, 2.05) is 0 Å². The number of hydrogen-bond acceptors (Lipinski definition) is 4. The van der Waals surface area contributed by atoms with Crippen LogP contribution < -0.4 is 15.4 Å². The molecule has 1 fully saturated rings. The minimum absolute atomic E-state index is 0.0171. The van der Waals surface area contributed by atoms with E-state index in [4.69, 9.17) is 9.84 Å². The number of aliphatic hydroxyl groups excluding tert-OH is 1. The predicted octanol–water partition coefficient (Wildman–Crippen LogP) is 0.888. The summed E-state index contributed by atoms with van der Waals surface area (Å²) in [5.41, 5.74) is 2.88. The summed E-state index contributed by atoms with van der Waals surface area (Å²) in [6, 6.07) is 6.41. The number of aliphatic hydroxyl groups is 1. The largest absolute Gasteiger partial charge is 0.493 e. The van der Waals surface area contributed by atoms with Crippen molar-refractivity contribution in [1.82, 2.24) is 10.6 Å². The lowest BCUT2D eigenvalue weighted by Gasteiger charge is -2.29. The fourth-order valence-electron chi connectivity index (χ4n) is 3.53. The number of piperidine rings is 1. The van der Waals surface area contributed by atoms with Gasteiger partial charge in [0.1, 0.15) is 5.75 Å². The van der Waals surface area contributed by atoms with E-state index >= 15 is 0 Å². The molecule has 5 nitrogen and oxygen atoms in total. The van der Waals surface area contributed by atoms with Gasteiger partial charge in [0.15, 0.2) is 0 Å². The van der Waals surface area contributed by atoms with Crippen molar-refractivity contribution >= 4 is 5.91 Å². The SMILES string of the molecule is O=C(NCCO)[C@H]1CNC[C@@H](COc2ccc3c(c2)CCC3)C1. The van der Waals surface area contributed by atoms with Gasteiger partial charge in [-0.2, -0.15) is 0 Å². The Hall–Kier alpha value is -1.59. The van der Waals surface area contributed by atoms with E-state index in [9.17, 15) is 4.79 Å². The van der Waals surface area contributed by atoms with E-state index in [1.54, 1.807) is 0 Å². The number of fused-ring (bicyclic) bond motifs is 1. The zero-order valence-corrected chi connectivity index (χ0v) is 13.5. The molecule has 1 aromatic carbocycles. The van der Waals surface area contributed by atoms with Gasteiger partial charge < -0.3 is 20.5 Å². The van der Waals surface area contributed by atoms with E-state index in [0.29, 0.717) is 25.6 Å². The lowest BCUT2D eigenvalue weighted by Crippen LogP contribution is -2.45. The Morgan fingerprint density at radius 3 is 3.04 bits per heavy atom. The molecule has 1 aromatic rings. The molecule has 1 heterocycles. The third-order valence-corrected chi connectivity index (χ3v) is 4.78. The van der Waals surface area contributed by atoms with Gasteiger partial charge in [-0.05, 0) is 48.9 Å². The summed E-state index contributed by atoms with van der Waals surface area (Å²) in [5.74, 6) is 1.26. The quantitative estimate of drug-likeness (QED) is 0.728. The first-order chi connectivity index (χ1) is 11.3. The molecule has 0 unspecified atom stereocenters. The van der Waals surface area contributed by atoms with Gasteiger partial charge in [0.25, 0.3) is 0 Å². The topological polar surface area (TPSA) is 70.6 Å². The van der Waals surface area contributed by atoms with E-state index in [0.717, 1.165) is 25.1 Å². The van der Waals surface area contributed by atoms with E-state index in [2.05, 4.69) is 28.8 Å². The Balaban J connectivity index is 1.49. The smallest absolute Gasteiger partial charge is 0.224 e. The number of amides is 1. The zero-order chi connectivity index (χ0) is 16.1. The van der Waals surface area contributed by atoms with E-state index < -0.39 is 0 Å². The van der Waals surface area contributed by atoms with Crippen molar-refractivity contribution in [2.45, 2.75) is 25.7 Å². The van der Waals surface area contributed by atoms with Gasteiger partial charge in [-0.25, -0.2) is 0 Å². The average molecular weight is 318 g/mol. The number of ether oxygens (including phenoxy) is 1. The second-order valence-electron chi connectivity index (χ2n) is 6.57. The predicted molar refractivity (Wildman–Crippen MR) is 88.5 cm³/mol. The minimum Gasteiger partial charge on any atom is -0.493 e. The van der Waals surface area contributed by atoms with Crippen LogP contribution in [0, 0.1) is 11.8 Å². The number of nitrogens with one attached hydrogen (secondary N) is 2. The molecule has 1 aliphatic carbocycles. The second-order valence-corrected chi connectivity index (χ2v) is 6.57. The van der Waals surface area contributed by atoms with E-state index in [-0.39, 0.29) is 18.4 Å². The number of rotatable bonds is 6. The van der Waals surface area contributed by atoms with Crippen LogP contribution in [0.2, 0.25) is 0 Å². The first kappa shape index (κ1) is 16.3. The van der Waals surface area contributed by atoms with Crippen LogP contribution in [0.4, 0.5) is 0 Å². The molecule has 1 aliphatic heterocycles. The lowest BCUT2D eigenvalue weighted by molar-refractivity contribution is -0.126. The first-order valence-corrected chi connectivity index (χ1v) is 8.60. The zero-order valence-electron chi connectivity index (χ0n) is 13.5. The van der Waals surface area contributed by atoms with Crippen LogP contribution in [0.1, 0.15) is 24.0 Å². The van der Waals surface area contributed by atoms with Crippen LogP contribution in [0.5, 0.6) is 5.75 Å².